The monoisotopic (exact) mass is 238 g/mol. The molecule has 0 aromatic heterocycles. The molecule has 1 aromatic rings. The molecule has 5 heteroatoms. The van der Waals surface area contributed by atoms with E-state index in [0.717, 1.165) is 0 Å². The number of carbonyl (C=O) groups is 1. The van der Waals surface area contributed by atoms with E-state index < -0.39 is 6.09 Å². The molecule has 0 bridgehead atoms. The van der Waals surface area contributed by atoms with Crippen LogP contribution in [0.2, 0.25) is 5.02 Å². The number of halogens is 1. The van der Waals surface area contributed by atoms with Gasteiger partial charge in [0.1, 0.15) is 0 Å². The number of rotatable bonds is 2. The highest BCUT2D eigenvalue weighted by molar-refractivity contribution is 6.33. The zero-order valence-corrected chi connectivity index (χ0v) is 9.71. The second kappa shape index (κ2) is 5.38. The van der Waals surface area contributed by atoms with Crippen LogP contribution in [0.15, 0.2) is 18.2 Å². The van der Waals surface area contributed by atoms with Crippen molar-refractivity contribution in [1.82, 2.24) is 0 Å². The number of nitrogens with one attached hydrogen (secondary N) is 1. The molecule has 0 unspecified atom stereocenters. The first-order chi connectivity index (χ1) is 7.52. The van der Waals surface area contributed by atoms with Gasteiger partial charge in [0.2, 0.25) is 0 Å². The van der Waals surface area contributed by atoms with Crippen LogP contribution >= 0.6 is 11.6 Å². The van der Waals surface area contributed by atoms with Crippen molar-refractivity contribution < 1.29 is 9.53 Å². The Labute approximate surface area is 98.8 Å². The summed E-state index contributed by atoms with van der Waals surface area (Å²) in [6.45, 7) is 3.50. The van der Waals surface area contributed by atoms with Crippen molar-refractivity contribution >= 4 is 23.4 Å². The maximum Gasteiger partial charge on any atom is 0.411 e. The Morgan fingerprint density at radius 3 is 2.75 bits per heavy atom. The van der Waals surface area contributed by atoms with Gasteiger partial charge in [-0.3, -0.25) is 5.32 Å². The molecule has 0 saturated heterocycles. The van der Waals surface area contributed by atoms with Crippen molar-refractivity contribution in [1.29, 1.82) is 5.26 Å². The SMILES string of the molecule is CC(C)OC(=O)Nc1ccc(C#N)cc1Cl. The van der Waals surface area contributed by atoms with E-state index in [9.17, 15) is 4.79 Å². The molecule has 1 N–H and O–H groups in total. The van der Waals surface area contributed by atoms with Crippen LogP contribution in [0.5, 0.6) is 0 Å². The molecule has 16 heavy (non-hydrogen) atoms. The third kappa shape index (κ3) is 3.44. The third-order valence-electron chi connectivity index (χ3n) is 1.68. The highest BCUT2D eigenvalue weighted by Crippen LogP contribution is 2.22. The van der Waals surface area contributed by atoms with E-state index in [2.05, 4.69) is 5.32 Å². The summed E-state index contributed by atoms with van der Waals surface area (Å²) in [6.07, 6.45) is -0.765. The smallest absolute Gasteiger partial charge is 0.411 e. The summed E-state index contributed by atoms with van der Waals surface area (Å²) >= 11 is 5.87. The van der Waals surface area contributed by atoms with Crippen LogP contribution in [-0.2, 0) is 4.74 Å². The van der Waals surface area contributed by atoms with Gasteiger partial charge in [0.05, 0.1) is 28.4 Å². The molecule has 0 fully saturated rings. The van der Waals surface area contributed by atoms with E-state index in [4.69, 9.17) is 21.6 Å². The Morgan fingerprint density at radius 1 is 1.56 bits per heavy atom. The fraction of sp³-hybridized carbons (Fsp3) is 0.273. The first-order valence-electron chi connectivity index (χ1n) is 4.70. The molecule has 0 heterocycles. The molecule has 84 valence electrons. The Balaban J connectivity index is 2.75. The first kappa shape index (κ1) is 12.3. The summed E-state index contributed by atoms with van der Waals surface area (Å²) in [6, 6.07) is 6.56. The van der Waals surface area contributed by atoms with Crippen molar-refractivity contribution in [3.05, 3.63) is 28.8 Å². The predicted molar refractivity (Wildman–Crippen MR) is 61.4 cm³/mol. The van der Waals surface area contributed by atoms with Gasteiger partial charge in [0, 0.05) is 0 Å². The normalized spacial score (nSPS) is 9.69. The number of ether oxygens (including phenoxy) is 1. The van der Waals surface area contributed by atoms with Gasteiger partial charge >= 0.3 is 6.09 Å². The minimum Gasteiger partial charge on any atom is -0.447 e. The molecule has 0 aliphatic carbocycles. The van der Waals surface area contributed by atoms with Crippen LogP contribution in [0.3, 0.4) is 0 Å². The maximum absolute atomic E-state index is 11.3. The van der Waals surface area contributed by atoms with E-state index in [-0.39, 0.29) is 6.10 Å². The van der Waals surface area contributed by atoms with Crippen molar-refractivity contribution in [3.63, 3.8) is 0 Å². The van der Waals surface area contributed by atoms with Gasteiger partial charge < -0.3 is 4.74 Å². The summed E-state index contributed by atoms with van der Waals surface area (Å²) in [5, 5.41) is 11.4. The molecule has 0 aliphatic heterocycles. The second-order valence-corrected chi connectivity index (χ2v) is 3.79. The maximum atomic E-state index is 11.3. The summed E-state index contributed by atoms with van der Waals surface area (Å²) in [5.41, 5.74) is 0.860. The Kier molecular flexibility index (Phi) is 4.15. The number of hydrogen-bond acceptors (Lipinski definition) is 3. The lowest BCUT2D eigenvalue weighted by Crippen LogP contribution is -2.18. The average molecular weight is 239 g/mol. The molecule has 0 radical (unpaired) electrons. The van der Waals surface area contributed by atoms with Gasteiger partial charge in [-0.15, -0.1) is 0 Å². The lowest BCUT2D eigenvalue weighted by atomic mass is 10.2. The highest BCUT2D eigenvalue weighted by atomic mass is 35.5. The standard InChI is InChI=1S/C11H11ClN2O2/c1-7(2)16-11(15)14-10-4-3-8(6-13)5-9(10)12/h3-5,7H,1-2H3,(H,14,15). The van der Waals surface area contributed by atoms with Gasteiger partial charge in [0.15, 0.2) is 0 Å². The van der Waals surface area contributed by atoms with Gasteiger partial charge in [-0.2, -0.15) is 5.26 Å². The molecule has 0 saturated carbocycles. The van der Waals surface area contributed by atoms with Crippen LogP contribution in [0.1, 0.15) is 19.4 Å². The van der Waals surface area contributed by atoms with Crippen LogP contribution in [0.25, 0.3) is 0 Å². The zero-order valence-electron chi connectivity index (χ0n) is 8.95. The van der Waals surface area contributed by atoms with Gasteiger partial charge in [-0.25, -0.2) is 4.79 Å². The fourth-order valence-electron chi connectivity index (χ4n) is 1.04. The van der Waals surface area contributed by atoms with Crippen LogP contribution in [0, 0.1) is 11.3 Å². The van der Waals surface area contributed by atoms with E-state index in [1.807, 2.05) is 6.07 Å². The van der Waals surface area contributed by atoms with E-state index in [1.165, 1.54) is 6.07 Å². The molecule has 1 rings (SSSR count). The van der Waals surface area contributed by atoms with Crippen LogP contribution in [-0.4, -0.2) is 12.2 Å². The number of nitriles is 1. The number of carbonyl (C=O) groups excluding carboxylic acids is 1. The summed E-state index contributed by atoms with van der Waals surface area (Å²) in [4.78, 5) is 11.3. The van der Waals surface area contributed by atoms with E-state index >= 15 is 0 Å². The molecule has 4 nitrogen and oxygen atoms in total. The molecule has 1 amide bonds. The lowest BCUT2D eigenvalue weighted by molar-refractivity contribution is 0.130. The summed E-state index contributed by atoms with van der Waals surface area (Å²) in [7, 11) is 0. The largest absolute Gasteiger partial charge is 0.447 e. The molecule has 0 atom stereocenters. The van der Waals surface area contributed by atoms with Crippen molar-refractivity contribution in [2.75, 3.05) is 5.32 Å². The highest BCUT2D eigenvalue weighted by Gasteiger charge is 2.08. The van der Waals surface area contributed by atoms with Crippen molar-refractivity contribution in [2.24, 2.45) is 0 Å². The number of hydrogen-bond donors (Lipinski definition) is 1. The number of amides is 1. The van der Waals surface area contributed by atoms with Crippen LogP contribution < -0.4 is 5.32 Å². The number of anilines is 1. The molecular weight excluding hydrogens is 228 g/mol. The lowest BCUT2D eigenvalue weighted by Gasteiger charge is -2.10. The summed E-state index contributed by atoms with van der Waals surface area (Å²) in [5.74, 6) is 0. The minimum absolute atomic E-state index is 0.197. The quantitative estimate of drug-likeness (QED) is 0.861. The first-order valence-corrected chi connectivity index (χ1v) is 5.08. The zero-order chi connectivity index (χ0) is 12.1. The molecule has 1 aromatic carbocycles. The molecule has 0 aliphatic rings. The third-order valence-corrected chi connectivity index (χ3v) is 1.99. The van der Waals surface area contributed by atoms with Gasteiger partial charge in [0.25, 0.3) is 0 Å². The predicted octanol–water partition coefficient (Wildman–Crippen LogP) is 3.17. The Hall–Kier alpha value is -1.73. The average Bonchev–Trinajstić information content (AvgIpc) is 2.19. The number of benzene rings is 1. The molecular formula is C11H11ClN2O2. The van der Waals surface area contributed by atoms with Crippen molar-refractivity contribution in [2.45, 2.75) is 20.0 Å². The topological polar surface area (TPSA) is 62.1 Å². The Morgan fingerprint density at radius 2 is 2.25 bits per heavy atom. The van der Waals surface area contributed by atoms with E-state index in [1.54, 1.807) is 26.0 Å². The summed E-state index contributed by atoms with van der Waals surface area (Å²) < 4.78 is 4.89. The number of nitrogens with zero attached hydrogens (tertiary/aromatic N) is 1. The van der Waals surface area contributed by atoms with E-state index in [0.29, 0.717) is 16.3 Å². The second-order valence-electron chi connectivity index (χ2n) is 3.39. The van der Waals surface area contributed by atoms with Crippen LogP contribution in [0.4, 0.5) is 10.5 Å². The van der Waals surface area contributed by atoms with Gasteiger partial charge in [-0.05, 0) is 32.0 Å². The minimum atomic E-state index is -0.568. The fourth-order valence-corrected chi connectivity index (χ4v) is 1.27. The molecule has 0 spiro atoms. The Bertz CT molecular complexity index is 438. The van der Waals surface area contributed by atoms with Crippen molar-refractivity contribution in [3.8, 4) is 6.07 Å². The van der Waals surface area contributed by atoms with Gasteiger partial charge in [-0.1, -0.05) is 11.6 Å².